The number of furan rings is 1. The van der Waals surface area contributed by atoms with Gasteiger partial charge in [-0.1, -0.05) is 30.0 Å². The molecule has 0 radical (unpaired) electrons. The van der Waals surface area contributed by atoms with E-state index in [4.69, 9.17) is 15.1 Å². The van der Waals surface area contributed by atoms with E-state index >= 15 is 0 Å². The van der Waals surface area contributed by atoms with Crippen molar-refractivity contribution in [3.05, 3.63) is 42.5 Å². The van der Waals surface area contributed by atoms with Gasteiger partial charge in [-0.3, -0.25) is 0 Å². The molecule has 6 heteroatoms. The quantitative estimate of drug-likeness (QED) is 0.805. The van der Waals surface area contributed by atoms with E-state index in [1.807, 2.05) is 30.3 Å². The Labute approximate surface area is 102 Å². The van der Waals surface area contributed by atoms with Gasteiger partial charge in [0.25, 0.3) is 9.05 Å². The van der Waals surface area contributed by atoms with E-state index in [0.29, 0.717) is 5.09 Å². The molecule has 0 bridgehead atoms. The van der Waals surface area contributed by atoms with Crippen LogP contribution in [0.4, 0.5) is 0 Å². The molecular formula is C10H7ClO3S2. The topological polar surface area (TPSA) is 47.3 Å². The SMILES string of the molecule is O=S(=O)(Cl)c1ccc(Sc2ccccc2)o1. The summed E-state index contributed by atoms with van der Waals surface area (Å²) in [7, 11) is 1.36. The van der Waals surface area contributed by atoms with Crippen LogP contribution < -0.4 is 0 Å². The first-order valence-electron chi connectivity index (χ1n) is 4.33. The smallest absolute Gasteiger partial charge is 0.294 e. The highest BCUT2D eigenvalue weighted by Crippen LogP contribution is 2.30. The van der Waals surface area contributed by atoms with Crippen LogP contribution >= 0.6 is 22.4 Å². The summed E-state index contributed by atoms with van der Waals surface area (Å²) in [5.41, 5.74) is 0. The predicted molar refractivity (Wildman–Crippen MR) is 62.3 cm³/mol. The van der Waals surface area contributed by atoms with Crippen LogP contribution in [0.2, 0.25) is 0 Å². The van der Waals surface area contributed by atoms with Crippen LogP contribution in [0, 0.1) is 0 Å². The monoisotopic (exact) mass is 274 g/mol. The molecule has 2 aromatic rings. The van der Waals surface area contributed by atoms with E-state index in [1.165, 1.54) is 17.8 Å². The van der Waals surface area contributed by atoms with Gasteiger partial charge in [-0.05, 0) is 24.3 Å². The summed E-state index contributed by atoms with van der Waals surface area (Å²) in [6.45, 7) is 0. The largest absolute Gasteiger partial charge is 0.437 e. The molecule has 0 aliphatic heterocycles. The summed E-state index contributed by atoms with van der Waals surface area (Å²) in [5, 5.41) is 0.262. The molecule has 0 unspecified atom stereocenters. The molecule has 3 nitrogen and oxygen atoms in total. The second-order valence-electron chi connectivity index (χ2n) is 2.93. The van der Waals surface area contributed by atoms with Crippen molar-refractivity contribution in [3.63, 3.8) is 0 Å². The van der Waals surface area contributed by atoms with Crippen molar-refractivity contribution in [2.45, 2.75) is 15.1 Å². The second kappa shape index (κ2) is 4.53. The van der Waals surface area contributed by atoms with E-state index in [1.54, 1.807) is 6.07 Å². The van der Waals surface area contributed by atoms with Gasteiger partial charge in [0.05, 0.1) is 0 Å². The van der Waals surface area contributed by atoms with Crippen LogP contribution in [0.25, 0.3) is 0 Å². The number of benzene rings is 1. The second-order valence-corrected chi connectivity index (χ2v) is 6.50. The highest BCUT2D eigenvalue weighted by Gasteiger charge is 2.15. The number of rotatable bonds is 3. The minimum atomic E-state index is -3.78. The van der Waals surface area contributed by atoms with E-state index in [0.717, 1.165) is 4.90 Å². The minimum absolute atomic E-state index is 0.229. The Hall–Kier alpha value is -0.910. The Morgan fingerprint density at radius 3 is 2.31 bits per heavy atom. The van der Waals surface area contributed by atoms with Crippen molar-refractivity contribution in [1.82, 2.24) is 0 Å². The normalized spacial score (nSPS) is 11.6. The number of hydrogen-bond acceptors (Lipinski definition) is 4. The molecule has 0 aliphatic rings. The van der Waals surface area contributed by atoms with Crippen LogP contribution in [-0.4, -0.2) is 8.42 Å². The Kier molecular flexibility index (Phi) is 3.28. The van der Waals surface area contributed by atoms with E-state index < -0.39 is 9.05 Å². The fourth-order valence-electron chi connectivity index (χ4n) is 1.09. The van der Waals surface area contributed by atoms with Crippen molar-refractivity contribution in [2.24, 2.45) is 0 Å². The molecule has 84 valence electrons. The molecule has 0 aliphatic carbocycles. The van der Waals surface area contributed by atoms with Gasteiger partial charge in [0.2, 0.25) is 5.09 Å². The molecule has 1 heterocycles. The van der Waals surface area contributed by atoms with Gasteiger partial charge >= 0.3 is 0 Å². The zero-order valence-electron chi connectivity index (χ0n) is 7.96. The minimum Gasteiger partial charge on any atom is -0.437 e. The number of hydrogen-bond donors (Lipinski definition) is 0. The van der Waals surface area contributed by atoms with Gasteiger partial charge in [0.1, 0.15) is 0 Å². The first kappa shape index (κ1) is 11.6. The molecule has 0 saturated carbocycles. The zero-order valence-corrected chi connectivity index (χ0v) is 10.3. The van der Waals surface area contributed by atoms with Crippen molar-refractivity contribution in [3.8, 4) is 0 Å². The maximum absolute atomic E-state index is 11.0. The molecule has 0 fully saturated rings. The van der Waals surface area contributed by atoms with Crippen LogP contribution in [0.1, 0.15) is 0 Å². The molecule has 2 rings (SSSR count). The molecule has 1 aromatic carbocycles. The predicted octanol–water partition coefficient (Wildman–Crippen LogP) is 3.36. The Bertz CT molecular complexity index is 575. The third-order valence-electron chi connectivity index (χ3n) is 1.76. The molecule has 0 spiro atoms. The van der Waals surface area contributed by atoms with E-state index in [2.05, 4.69) is 0 Å². The Morgan fingerprint density at radius 1 is 1.06 bits per heavy atom. The first-order valence-corrected chi connectivity index (χ1v) is 7.46. The Balaban J connectivity index is 2.22. The highest BCUT2D eigenvalue weighted by molar-refractivity contribution is 8.13. The maximum Gasteiger partial charge on any atom is 0.294 e. The summed E-state index contributed by atoms with van der Waals surface area (Å²) >= 11 is 1.33. The first-order chi connectivity index (χ1) is 7.55. The number of halogens is 1. The van der Waals surface area contributed by atoms with Crippen LogP contribution in [0.15, 0.2) is 62.0 Å². The standard InChI is InChI=1S/C10H7ClO3S2/c11-16(12,13)10-7-6-9(14-10)15-8-4-2-1-3-5-8/h1-7H. The van der Waals surface area contributed by atoms with Crippen LogP contribution in [0.5, 0.6) is 0 Å². The fourth-order valence-corrected chi connectivity index (χ4v) is 2.61. The van der Waals surface area contributed by atoms with Gasteiger partial charge in [-0.25, -0.2) is 8.42 Å². The van der Waals surface area contributed by atoms with Gasteiger partial charge in [-0.15, -0.1) is 0 Å². The lowest BCUT2D eigenvalue weighted by molar-refractivity contribution is 0.385. The maximum atomic E-state index is 11.0. The lowest BCUT2D eigenvalue weighted by atomic mass is 10.4. The molecule has 1 aromatic heterocycles. The summed E-state index contributed by atoms with van der Waals surface area (Å²) < 4.78 is 27.0. The van der Waals surface area contributed by atoms with E-state index in [9.17, 15) is 8.42 Å². The summed E-state index contributed by atoms with van der Waals surface area (Å²) in [5.74, 6) is 0. The highest BCUT2D eigenvalue weighted by atomic mass is 35.7. The van der Waals surface area contributed by atoms with Gasteiger partial charge in [0, 0.05) is 15.6 Å². The fraction of sp³-hybridized carbons (Fsp3) is 0. The van der Waals surface area contributed by atoms with Gasteiger partial charge in [0.15, 0.2) is 5.09 Å². The molecule has 0 saturated heterocycles. The molecule has 0 amide bonds. The average Bonchev–Trinajstić information content (AvgIpc) is 2.67. The summed E-state index contributed by atoms with van der Waals surface area (Å²) in [6, 6.07) is 12.4. The average molecular weight is 275 g/mol. The zero-order chi connectivity index (χ0) is 11.6. The van der Waals surface area contributed by atoms with Crippen molar-refractivity contribution in [1.29, 1.82) is 0 Å². The Morgan fingerprint density at radius 2 is 1.75 bits per heavy atom. The van der Waals surface area contributed by atoms with Crippen LogP contribution in [-0.2, 0) is 9.05 Å². The third-order valence-corrected chi connectivity index (χ3v) is 3.84. The van der Waals surface area contributed by atoms with Gasteiger partial charge in [-0.2, -0.15) is 0 Å². The summed E-state index contributed by atoms with van der Waals surface area (Å²) in [6.07, 6.45) is 0. The molecule has 16 heavy (non-hydrogen) atoms. The lowest BCUT2D eigenvalue weighted by Crippen LogP contribution is -1.85. The molecule has 0 atom stereocenters. The molecular weight excluding hydrogens is 268 g/mol. The van der Waals surface area contributed by atoms with Crippen LogP contribution in [0.3, 0.4) is 0 Å². The molecule has 0 N–H and O–H groups in total. The lowest BCUT2D eigenvalue weighted by Gasteiger charge is -1.96. The van der Waals surface area contributed by atoms with Crippen molar-refractivity contribution in [2.75, 3.05) is 0 Å². The van der Waals surface area contributed by atoms with Crippen molar-refractivity contribution >= 4 is 31.5 Å². The van der Waals surface area contributed by atoms with E-state index in [-0.39, 0.29) is 5.09 Å². The van der Waals surface area contributed by atoms with Gasteiger partial charge < -0.3 is 4.42 Å². The summed E-state index contributed by atoms with van der Waals surface area (Å²) in [4.78, 5) is 0.968. The third kappa shape index (κ3) is 2.81. The van der Waals surface area contributed by atoms with Crippen molar-refractivity contribution < 1.29 is 12.8 Å².